The summed E-state index contributed by atoms with van der Waals surface area (Å²) in [4.78, 5) is 24.9. The molecule has 7 heteroatoms. The van der Waals surface area contributed by atoms with Crippen molar-refractivity contribution < 1.29 is 9.53 Å². The number of nitrogens with zero attached hydrogens (tertiary/aromatic N) is 3. The van der Waals surface area contributed by atoms with Crippen LogP contribution < -0.4 is 10.6 Å². The molecule has 3 rings (SSSR count). The highest BCUT2D eigenvalue weighted by Gasteiger charge is 2.12. The Morgan fingerprint density at radius 1 is 1.04 bits per heavy atom. The predicted molar refractivity (Wildman–Crippen MR) is 99.3 cm³/mol. The monoisotopic (exact) mass is 349 g/mol. The Morgan fingerprint density at radius 2 is 1.88 bits per heavy atom. The van der Waals surface area contributed by atoms with E-state index in [1.54, 1.807) is 43.6 Å². The van der Waals surface area contributed by atoms with Gasteiger partial charge in [-0.05, 0) is 37.3 Å². The molecule has 0 aliphatic heterocycles. The predicted octanol–water partition coefficient (Wildman–Crippen LogP) is 3.40. The summed E-state index contributed by atoms with van der Waals surface area (Å²) in [5, 5.41) is 6.27. The van der Waals surface area contributed by atoms with Gasteiger partial charge in [0.2, 0.25) is 5.95 Å². The van der Waals surface area contributed by atoms with Crippen LogP contribution >= 0.6 is 0 Å². The number of carbonyl (C=O) groups is 1. The van der Waals surface area contributed by atoms with Gasteiger partial charge in [0, 0.05) is 12.4 Å². The van der Waals surface area contributed by atoms with Crippen molar-refractivity contribution in [3.63, 3.8) is 0 Å². The zero-order valence-corrected chi connectivity index (χ0v) is 14.3. The Morgan fingerprint density at radius 3 is 2.69 bits per heavy atom. The van der Waals surface area contributed by atoms with Crippen LogP contribution in [0.3, 0.4) is 0 Å². The van der Waals surface area contributed by atoms with Crippen LogP contribution in [0.5, 0.6) is 0 Å². The van der Waals surface area contributed by atoms with Crippen molar-refractivity contribution in [2.24, 2.45) is 0 Å². The number of esters is 1. The van der Waals surface area contributed by atoms with Crippen molar-refractivity contribution in [1.82, 2.24) is 15.0 Å². The summed E-state index contributed by atoms with van der Waals surface area (Å²) in [6.07, 6.45) is 3.38. The molecule has 0 aliphatic carbocycles. The number of rotatable bonds is 7. The van der Waals surface area contributed by atoms with Crippen LogP contribution in [0.4, 0.5) is 17.5 Å². The fourth-order valence-electron chi connectivity index (χ4n) is 2.30. The van der Waals surface area contributed by atoms with Crippen molar-refractivity contribution in [3.05, 3.63) is 72.2 Å². The number of pyridine rings is 1. The Bertz CT molecular complexity index is 871. The van der Waals surface area contributed by atoms with Gasteiger partial charge in [-0.2, -0.15) is 4.98 Å². The van der Waals surface area contributed by atoms with Gasteiger partial charge in [0.25, 0.3) is 0 Å². The van der Waals surface area contributed by atoms with Crippen molar-refractivity contribution in [3.8, 4) is 0 Å². The number of hydrogen-bond acceptors (Lipinski definition) is 7. The van der Waals surface area contributed by atoms with E-state index in [0.29, 0.717) is 36.2 Å². The van der Waals surface area contributed by atoms with Gasteiger partial charge in [-0.3, -0.25) is 4.98 Å². The number of anilines is 3. The second-order valence-electron chi connectivity index (χ2n) is 5.33. The maximum atomic E-state index is 12.1. The van der Waals surface area contributed by atoms with Crippen LogP contribution in [0.25, 0.3) is 0 Å². The van der Waals surface area contributed by atoms with E-state index in [-0.39, 0.29) is 5.97 Å². The summed E-state index contributed by atoms with van der Waals surface area (Å²) < 4.78 is 5.09. The summed E-state index contributed by atoms with van der Waals surface area (Å²) in [6, 6.07) is 14.6. The van der Waals surface area contributed by atoms with Gasteiger partial charge in [0.1, 0.15) is 5.82 Å². The molecule has 0 saturated carbocycles. The first kappa shape index (κ1) is 17.3. The van der Waals surface area contributed by atoms with Crippen LogP contribution in [-0.2, 0) is 11.3 Å². The fourth-order valence-corrected chi connectivity index (χ4v) is 2.30. The van der Waals surface area contributed by atoms with Gasteiger partial charge in [0.05, 0.1) is 30.1 Å². The first-order chi connectivity index (χ1) is 12.8. The average Bonchev–Trinajstić information content (AvgIpc) is 2.68. The topological polar surface area (TPSA) is 89.0 Å². The summed E-state index contributed by atoms with van der Waals surface area (Å²) in [7, 11) is 0. The summed E-state index contributed by atoms with van der Waals surface area (Å²) in [5.74, 6) is 0.660. The smallest absolute Gasteiger partial charge is 0.340 e. The van der Waals surface area contributed by atoms with Gasteiger partial charge in [-0.1, -0.05) is 18.2 Å². The molecule has 0 bridgehead atoms. The molecule has 0 spiro atoms. The molecular formula is C19H19N5O2. The van der Waals surface area contributed by atoms with E-state index in [1.165, 1.54) is 0 Å². The molecule has 0 aliphatic rings. The minimum absolute atomic E-state index is 0.322. The molecular weight excluding hydrogens is 330 g/mol. The van der Waals surface area contributed by atoms with E-state index >= 15 is 0 Å². The van der Waals surface area contributed by atoms with Crippen LogP contribution in [0.2, 0.25) is 0 Å². The summed E-state index contributed by atoms with van der Waals surface area (Å²) in [6.45, 7) is 2.61. The third-order valence-electron chi connectivity index (χ3n) is 3.49. The second-order valence-corrected chi connectivity index (χ2v) is 5.33. The normalized spacial score (nSPS) is 10.2. The summed E-state index contributed by atoms with van der Waals surface area (Å²) >= 11 is 0. The van der Waals surface area contributed by atoms with Gasteiger partial charge < -0.3 is 15.4 Å². The lowest BCUT2D eigenvalue weighted by atomic mass is 10.2. The highest BCUT2D eigenvalue weighted by molar-refractivity contribution is 5.96. The van der Waals surface area contributed by atoms with E-state index in [9.17, 15) is 4.79 Å². The lowest BCUT2D eigenvalue weighted by molar-refractivity contribution is 0.0527. The van der Waals surface area contributed by atoms with Crippen molar-refractivity contribution in [1.29, 1.82) is 0 Å². The number of carbonyl (C=O) groups excluding carboxylic acids is 1. The van der Waals surface area contributed by atoms with Crippen molar-refractivity contribution in [2.75, 3.05) is 17.2 Å². The zero-order chi connectivity index (χ0) is 18.2. The van der Waals surface area contributed by atoms with E-state index in [0.717, 1.165) is 5.69 Å². The highest BCUT2D eigenvalue weighted by Crippen LogP contribution is 2.21. The Hall–Kier alpha value is -3.48. The second kappa shape index (κ2) is 8.57. The third-order valence-corrected chi connectivity index (χ3v) is 3.49. The third kappa shape index (κ3) is 4.54. The lowest BCUT2D eigenvalue weighted by Gasteiger charge is -2.11. The molecule has 7 nitrogen and oxygen atoms in total. The molecule has 0 fully saturated rings. The minimum Gasteiger partial charge on any atom is -0.462 e. The molecule has 132 valence electrons. The van der Waals surface area contributed by atoms with Gasteiger partial charge in [-0.15, -0.1) is 0 Å². The molecule has 1 aromatic carbocycles. The maximum Gasteiger partial charge on any atom is 0.340 e. The number of nitrogens with one attached hydrogen (secondary N) is 2. The van der Waals surface area contributed by atoms with Gasteiger partial charge >= 0.3 is 5.97 Å². The lowest BCUT2D eigenvalue weighted by Crippen LogP contribution is -2.09. The summed E-state index contributed by atoms with van der Waals surface area (Å²) in [5.41, 5.74) is 1.97. The van der Waals surface area contributed by atoms with Crippen LogP contribution in [0.1, 0.15) is 23.0 Å². The number of ether oxygens (including phenoxy) is 1. The molecule has 2 heterocycles. The Balaban J connectivity index is 1.72. The average molecular weight is 349 g/mol. The van der Waals surface area contributed by atoms with Crippen LogP contribution in [0, 0.1) is 0 Å². The quantitative estimate of drug-likeness (QED) is 0.632. The van der Waals surface area contributed by atoms with Crippen molar-refractivity contribution in [2.45, 2.75) is 13.5 Å². The Kier molecular flexibility index (Phi) is 5.72. The molecule has 0 unspecified atom stereocenters. The van der Waals surface area contributed by atoms with Crippen molar-refractivity contribution >= 4 is 23.4 Å². The largest absolute Gasteiger partial charge is 0.462 e. The minimum atomic E-state index is -0.377. The SMILES string of the molecule is CCOC(=O)c1ccccc1Nc1ccnc(NCc2ccccn2)n1. The van der Waals surface area contributed by atoms with Crippen LogP contribution in [0.15, 0.2) is 60.9 Å². The molecule has 0 saturated heterocycles. The number of aromatic nitrogens is 3. The highest BCUT2D eigenvalue weighted by atomic mass is 16.5. The molecule has 0 radical (unpaired) electrons. The van der Waals surface area contributed by atoms with Crippen LogP contribution in [-0.4, -0.2) is 27.5 Å². The molecule has 26 heavy (non-hydrogen) atoms. The molecule has 0 atom stereocenters. The number of para-hydroxylation sites is 1. The molecule has 3 aromatic rings. The molecule has 0 amide bonds. The molecule has 2 N–H and O–H groups in total. The van der Waals surface area contributed by atoms with Gasteiger partial charge in [0.15, 0.2) is 0 Å². The van der Waals surface area contributed by atoms with E-state index < -0.39 is 0 Å². The first-order valence-electron chi connectivity index (χ1n) is 8.26. The van der Waals surface area contributed by atoms with Gasteiger partial charge in [-0.25, -0.2) is 9.78 Å². The number of benzene rings is 1. The van der Waals surface area contributed by atoms with E-state index in [4.69, 9.17) is 4.74 Å². The molecule has 2 aromatic heterocycles. The first-order valence-corrected chi connectivity index (χ1v) is 8.26. The maximum absolute atomic E-state index is 12.1. The zero-order valence-electron chi connectivity index (χ0n) is 14.3. The standard InChI is InChI=1S/C19H19N5O2/c1-2-26-18(25)15-8-3-4-9-16(15)23-17-10-12-21-19(24-17)22-13-14-7-5-6-11-20-14/h3-12H,2,13H2,1H3,(H2,21,22,23,24). The number of hydrogen-bond donors (Lipinski definition) is 2. The Labute approximate surface area is 151 Å². The fraction of sp³-hybridized carbons (Fsp3) is 0.158. The van der Waals surface area contributed by atoms with E-state index in [2.05, 4.69) is 25.6 Å². The van der Waals surface area contributed by atoms with E-state index in [1.807, 2.05) is 24.3 Å².